The lowest BCUT2D eigenvalue weighted by atomic mass is 10.0. The zero-order chi connectivity index (χ0) is 26.2. The van der Waals surface area contributed by atoms with Crippen LogP contribution in [0.5, 0.6) is 0 Å². The maximum Gasteiger partial charge on any atom is 0.416 e. The molecule has 2 heterocycles. The van der Waals surface area contributed by atoms with Gasteiger partial charge in [0.15, 0.2) is 0 Å². The second-order valence-corrected chi connectivity index (χ2v) is 8.89. The number of aryl methyl sites for hydroxylation is 2. The zero-order valence-corrected chi connectivity index (χ0v) is 20.1. The molecule has 5 nitrogen and oxygen atoms in total. The monoisotopic (exact) mass is 500 g/mol. The van der Waals surface area contributed by atoms with Crippen LogP contribution in [0.1, 0.15) is 38.4 Å². The van der Waals surface area contributed by atoms with E-state index in [1.807, 2.05) is 55.6 Å². The van der Waals surface area contributed by atoms with Gasteiger partial charge in [0, 0.05) is 29.4 Å². The number of benzene rings is 3. The average Bonchev–Trinajstić information content (AvgIpc) is 3.35. The predicted molar refractivity (Wildman–Crippen MR) is 137 cm³/mol. The Morgan fingerprint density at radius 2 is 1.68 bits per heavy atom. The first-order valence-corrected chi connectivity index (χ1v) is 11.7. The van der Waals surface area contributed by atoms with Gasteiger partial charge in [-0.15, -0.1) is 0 Å². The Bertz CT molecular complexity index is 1610. The number of aromatic amines is 1. The lowest BCUT2D eigenvalue weighted by Crippen LogP contribution is -2.15. The van der Waals surface area contributed by atoms with Crippen molar-refractivity contribution in [1.82, 2.24) is 15.0 Å². The third kappa shape index (κ3) is 5.09. The van der Waals surface area contributed by atoms with Crippen LogP contribution >= 0.6 is 0 Å². The van der Waals surface area contributed by atoms with Crippen LogP contribution in [0.4, 0.5) is 18.9 Å². The number of carbonyl (C=O) groups excluding carboxylic acids is 1. The Labute approximate surface area is 211 Å². The van der Waals surface area contributed by atoms with E-state index in [0.29, 0.717) is 23.4 Å². The molecule has 0 radical (unpaired) electrons. The van der Waals surface area contributed by atoms with Gasteiger partial charge < -0.3 is 10.3 Å². The van der Waals surface area contributed by atoms with Gasteiger partial charge in [-0.3, -0.25) is 4.79 Å². The average molecular weight is 501 g/mol. The summed E-state index contributed by atoms with van der Waals surface area (Å²) in [4.78, 5) is 25.7. The number of aromatic nitrogens is 3. The molecule has 0 spiro atoms. The molecule has 5 rings (SSSR count). The smallest absolute Gasteiger partial charge is 0.358 e. The van der Waals surface area contributed by atoms with E-state index in [4.69, 9.17) is 9.97 Å². The van der Waals surface area contributed by atoms with Crippen molar-refractivity contribution >= 4 is 22.6 Å². The van der Waals surface area contributed by atoms with E-state index in [0.717, 1.165) is 45.6 Å². The van der Waals surface area contributed by atoms with Crippen molar-refractivity contribution in [1.29, 1.82) is 0 Å². The van der Waals surface area contributed by atoms with E-state index < -0.39 is 17.6 Å². The third-order valence-corrected chi connectivity index (χ3v) is 6.27. The van der Waals surface area contributed by atoms with Crippen molar-refractivity contribution in [3.8, 4) is 11.3 Å². The Balaban J connectivity index is 1.45. The third-order valence-electron chi connectivity index (χ3n) is 6.27. The Hall–Kier alpha value is -4.46. The van der Waals surface area contributed by atoms with Crippen molar-refractivity contribution in [3.63, 3.8) is 0 Å². The zero-order valence-electron chi connectivity index (χ0n) is 20.1. The number of nitrogens with zero attached hydrogens (tertiary/aromatic N) is 2. The largest absolute Gasteiger partial charge is 0.416 e. The minimum absolute atomic E-state index is 0.121. The second-order valence-electron chi connectivity index (χ2n) is 8.89. The number of rotatable bonds is 5. The highest BCUT2D eigenvalue weighted by Gasteiger charge is 2.31. The molecular formula is C29H23F3N4O. The van der Waals surface area contributed by atoms with Crippen LogP contribution in [0.25, 0.3) is 22.3 Å². The van der Waals surface area contributed by atoms with Gasteiger partial charge >= 0.3 is 6.18 Å². The van der Waals surface area contributed by atoms with Crippen LogP contribution in [0, 0.1) is 13.8 Å². The van der Waals surface area contributed by atoms with Crippen LogP contribution in [-0.2, 0) is 12.6 Å². The van der Waals surface area contributed by atoms with Crippen molar-refractivity contribution in [3.05, 3.63) is 113 Å². The first-order chi connectivity index (χ1) is 17.7. The normalized spacial score (nSPS) is 11.6. The number of nitrogens with one attached hydrogen (secondary N) is 2. The molecular weight excluding hydrogens is 477 g/mol. The van der Waals surface area contributed by atoms with Crippen LogP contribution in [0.15, 0.2) is 79.0 Å². The van der Waals surface area contributed by atoms with Crippen LogP contribution < -0.4 is 5.32 Å². The van der Waals surface area contributed by atoms with E-state index in [1.165, 1.54) is 6.07 Å². The summed E-state index contributed by atoms with van der Waals surface area (Å²) in [5.41, 5.74) is 5.36. The van der Waals surface area contributed by atoms with E-state index in [1.54, 1.807) is 19.1 Å². The molecule has 2 aromatic heterocycles. The van der Waals surface area contributed by atoms with Crippen molar-refractivity contribution in [2.75, 3.05) is 5.32 Å². The summed E-state index contributed by atoms with van der Waals surface area (Å²) < 4.78 is 39.5. The van der Waals surface area contributed by atoms with E-state index >= 15 is 0 Å². The first kappa shape index (κ1) is 24.2. The van der Waals surface area contributed by atoms with Crippen molar-refractivity contribution < 1.29 is 18.0 Å². The van der Waals surface area contributed by atoms with E-state index in [-0.39, 0.29) is 5.69 Å². The molecule has 0 atom stereocenters. The predicted octanol–water partition coefficient (Wildman–Crippen LogP) is 7.10. The van der Waals surface area contributed by atoms with Crippen molar-refractivity contribution in [2.45, 2.75) is 26.4 Å². The molecule has 3 aromatic carbocycles. The fraction of sp³-hybridized carbons (Fsp3) is 0.138. The molecule has 0 fully saturated rings. The summed E-state index contributed by atoms with van der Waals surface area (Å²) in [5, 5.41) is 2.63. The SMILES string of the molecule is Cc1ccc(C(=O)Nc2cc(C(F)(F)F)ccc2C)cc1Cc1nc(-c2ccccc2)c2[nH]ccc2n1. The summed E-state index contributed by atoms with van der Waals surface area (Å²) in [7, 11) is 0. The molecule has 0 aliphatic heterocycles. The molecule has 0 bridgehead atoms. The van der Waals surface area contributed by atoms with Crippen LogP contribution in [0.2, 0.25) is 0 Å². The lowest BCUT2D eigenvalue weighted by Gasteiger charge is -2.14. The number of halogens is 3. The molecule has 0 aliphatic rings. The van der Waals surface area contributed by atoms with Gasteiger partial charge in [-0.2, -0.15) is 13.2 Å². The van der Waals surface area contributed by atoms with Crippen LogP contribution in [0.3, 0.4) is 0 Å². The Kier molecular flexibility index (Phi) is 6.25. The molecule has 0 saturated heterocycles. The highest BCUT2D eigenvalue weighted by atomic mass is 19.4. The quantitative estimate of drug-likeness (QED) is 0.270. The Morgan fingerprint density at radius 3 is 2.43 bits per heavy atom. The Morgan fingerprint density at radius 1 is 0.919 bits per heavy atom. The topological polar surface area (TPSA) is 70.7 Å². The molecule has 0 unspecified atom stereocenters. The summed E-state index contributed by atoms with van der Waals surface area (Å²) in [6.45, 7) is 3.58. The summed E-state index contributed by atoms with van der Waals surface area (Å²) >= 11 is 0. The number of hydrogen-bond donors (Lipinski definition) is 2. The fourth-order valence-corrected chi connectivity index (χ4v) is 4.18. The molecule has 186 valence electrons. The standard InChI is InChI=1S/C29H23F3N4O/c1-17-8-10-20(28(37)35-24-16-22(29(30,31)32)11-9-18(24)2)14-21(17)15-25-34-23-12-13-33-27(23)26(36-25)19-6-4-3-5-7-19/h3-14,16,33H,15H2,1-2H3,(H,35,37). The number of anilines is 1. The molecule has 37 heavy (non-hydrogen) atoms. The van der Waals surface area contributed by atoms with Gasteiger partial charge in [-0.1, -0.05) is 42.5 Å². The van der Waals surface area contributed by atoms with Gasteiger partial charge in [0.2, 0.25) is 0 Å². The molecule has 5 aromatic rings. The maximum atomic E-state index is 13.2. The first-order valence-electron chi connectivity index (χ1n) is 11.7. The number of amides is 1. The second kappa shape index (κ2) is 9.54. The molecule has 2 N–H and O–H groups in total. The molecule has 0 saturated carbocycles. The summed E-state index contributed by atoms with van der Waals surface area (Å²) in [5.74, 6) is 0.107. The van der Waals surface area contributed by atoms with Crippen molar-refractivity contribution in [2.24, 2.45) is 0 Å². The van der Waals surface area contributed by atoms with E-state index in [2.05, 4.69) is 10.3 Å². The maximum absolute atomic E-state index is 13.2. The van der Waals surface area contributed by atoms with E-state index in [9.17, 15) is 18.0 Å². The molecule has 1 amide bonds. The van der Waals surface area contributed by atoms with Gasteiger partial charge in [0.25, 0.3) is 5.91 Å². The van der Waals surface area contributed by atoms with Gasteiger partial charge in [0.05, 0.1) is 22.3 Å². The number of H-pyrrole nitrogens is 1. The van der Waals surface area contributed by atoms with Crippen LogP contribution in [-0.4, -0.2) is 20.9 Å². The summed E-state index contributed by atoms with van der Waals surface area (Å²) in [6.07, 6.45) is -2.29. The number of carbonyl (C=O) groups is 1. The number of hydrogen-bond acceptors (Lipinski definition) is 3. The number of alkyl halides is 3. The minimum Gasteiger partial charge on any atom is -0.358 e. The highest BCUT2D eigenvalue weighted by molar-refractivity contribution is 6.04. The number of fused-ring (bicyclic) bond motifs is 1. The minimum atomic E-state index is -4.50. The summed E-state index contributed by atoms with van der Waals surface area (Å²) in [6, 6.07) is 20.2. The van der Waals surface area contributed by atoms with Gasteiger partial charge in [-0.25, -0.2) is 9.97 Å². The lowest BCUT2D eigenvalue weighted by molar-refractivity contribution is -0.137. The molecule has 0 aliphatic carbocycles. The molecule has 8 heteroatoms. The van der Waals surface area contributed by atoms with Gasteiger partial charge in [-0.05, 0) is 60.9 Å². The fourth-order valence-electron chi connectivity index (χ4n) is 4.18. The highest BCUT2D eigenvalue weighted by Crippen LogP contribution is 2.32. The van der Waals surface area contributed by atoms with Gasteiger partial charge in [0.1, 0.15) is 5.82 Å².